The molecule has 0 saturated carbocycles. The number of carbonyl (C=O) groups excluding carboxylic acids is 5. The summed E-state index contributed by atoms with van der Waals surface area (Å²) in [5.41, 5.74) is -9.84. The maximum Gasteiger partial charge on any atom is 0.207 e. The van der Waals surface area contributed by atoms with Gasteiger partial charge >= 0.3 is 0 Å². The molecule has 3 rings (SSSR count). The predicted molar refractivity (Wildman–Crippen MR) is 133 cm³/mol. The highest BCUT2D eigenvalue weighted by atomic mass is 32.1. The second kappa shape index (κ2) is 10.5. The van der Waals surface area contributed by atoms with Crippen LogP contribution in [0.5, 0.6) is 0 Å². The first-order valence-electron chi connectivity index (χ1n) is 11.4. The molecule has 39 heavy (non-hydrogen) atoms. The number of nitrogens with zero attached hydrogens (tertiary/aromatic N) is 2. The number of thiazole rings is 1. The molecule has 1 aliphatic rings. The van der Waals surface area contributed by atoms with E-state index < -0.39 is 64.2 Å². The number of ether oxygens (including phenoxy) is 1. The third kappa shape index (κ3) is 4.48. The molecule has 6 atom stereocenters. The lowest BCUT2D eigenvalue weighted by molar-refractivity contribution is -0.322. The van der Waals surface area contributed by atoms with Crippen molar-refractivity contribution in [3.63, 3.8) is 0 Å². The van der Waals surface area contributed by atoms with E-state index in [1.165, 1.54) is 24.3 Å². The molecule has 2 heterocycles. The van der Waals surface area contributed by atoms with E-state index in [1.54, 1.807) is 0 Å². The highest BCUT2D eigenvalue weighted by Gasteiger charge is 2.79. The summed E-state index contributed by atoms with van der Waals surface area (Å²) in [7, 11) is 0. The lowest BCUT2D eigenvalue weighted by atomic mass is 9.59. The van der Waals surface area contributed by atoms with Crippen LogP contribution in [0.3, 0.4) is 0 Å². The Labute approximate surface area is 225 Å². The molecule has 1 fully saturated rings. The minimum absolute atomic E-state index is 0.0618. The van der Waals surface area contributed by atoms with Gasteiger partial charge in [-0.05, 0) is 52.0 Å². The summed E-state index contributed by atoms with van der Waals surface area (Å²) in [6.07, 6.45) is -5.62. The predicted octanol–water partition coefficient (Wildman–Crippen LogP) is -0.707. The Balaban J connectivity index is 2.10. The number of rotatable bonds is 9. The van der Waals surface area contributed by atoms with Crippen LogP contribution in [0.25, 0.3) is 0 Å². The third-order valence-electron chi connectivity index (χ3n) is 6.72. The van der Waals surface area contributed by atoms with Crippen molar-refractivity contribution in [2.75, 3.05) is 5.32 Å². The zero-order valence-electron chi connectivity index (χ0n) is 21.2. The summed E-state index contributed by atoms with van der Waals surface area (Å²) >= 11 is 0.718. The second-order valence-corrected chi connectivity index (χ2v) is 10.1. The highest BCUT2D eigenvalue weighted by Crippen LogP contribution is 2.47. The molecule has 13 nitrogen and oxygen atoms in total. The summed E-state index contributed by atoms with van der Waals surface area (Å²) in [5.74, 6) is -5.66. The molecule has 206 valence electrons. The average Bonchev–Trinajstić information content (AvgIpc) is 3.36. The number of nitrogens with one attached hydrogen (secondary N) is 1. The van der Waals surface area contributed by atoms with E-state index in [4.69, 9.17) is 10.00 Å². The highest BCUT2D eigenvalue weighted by molar-refractivity contribution is 7.17. The number of Topliss-reactive ketones (excluding diaryl/α,β-unsaturated/α-hetero) is 4. The first-order valence-corrected chi connectivity index (χ1v) is 12.2. The maximum absolute atomic E-state index is 12.9. The molecule has 1 unspecified atom stereocenters. The van der Waals surface area contributed by atoms with E-state index in [-0.39, 0.29) is 15.6 Å². The van der Waals surface area contributed by atoms with Gasteiger partial charge in [0.2, 0.25) is 17.0 Å². The minimum atomic E-state index is -3.60. The van der Waals surface area contributed by atoms with E-state index >= 15 is 0 Å². The summed E-state index contributed by atoms with van der Waals surface area (Å²) in [6.45, 7) is 3.06. The minimum Gasteiger partial charge on any atom is -0.382 e. The van der Waals surface area contributed by atoms with Crippen molar-refractivity contribution in [3.05, 3.63) is 46.5 Å². The largest absolute Gasteiger partial charge is 0.382 e. The van der Waals surface area contributed by atoms with Crippen LogP contribution >= 0.6 is 11.3 Å². The average molecular weight is 560 g/mol. The van der Waals surface area contributed by atoms with Crippen molar-refractivity contribution in [2.24, 2.45) is 0 Å². The second-order valence-electron chi connectivity index (χ2n) is 9.10. The number of nitriles is 1. The number of aliphatic hydroxyl groups excluding tert-OH is 1. The molecular weight excluding hydrogens is 534 g/mol. The SMILES string of the molecule is CC(=O)C(O)[C@H]1O[C@@H](Nc2ncc(C(=O)c3ccc(C#N)cc3)s2)[C@](O)(C(C)=O)[C@](O)(C(C)=O)[C@@]1(O)C(C)=O. The number of ketones is 5. The van der Waals surface area contributed by atoms with Crippen LogP contribution in [-0.4, -0.2) is 89.6 Å². The van der Waals surface area contributed by atoms with Crippen LogP contribution in [-0.2, 0) is 23.9 Å². The van der Waals surface area contributed by atoms with Gasteiger partial charge in [-0.25, -0.2) is 4.98 Å². The molecule has 0 aliphatic carbocycles. The Morgan fingerprint density at radius 1 is 1.00 bits per heavy atom. The van der Waals surface area contributed by atoms with Crippen molar-refractivity contribution in [2.45, 2.75) is 62.9 Å². The molecule has 5 N–H and O–H groups in total. The lowest BCUT2D eigenvalue weighted by Crippen LogP contribution is -2.88. The van der Waals surface area contributed by atoms with Gasteiger partial charge in [0.1, 0.15) is 12.2 Å². The number of carbonyl (C=O) groups is 5. The van der Waals surface area contributed by atoms with Crippen LogP contribution in [0.15, 0.2) is 30.5 Å². The van der Waals surface area contributed by atoms with Gasteiger partial charge in [-0.2, -0.15) is 5.26 Å². The molecule has 2 aromatic rings. The van der Waals surface area contributed by atoms with Gasteiger partial charge in [-0.3, -0.25) is 24.0 Å². The standard InChI is InChI=1S/C25H25N3O10S/c1-11(29)18(33)20-23(35,12(2)30)25(37,14(4)32)24(36,13(3)31)21(38-20)28-22-27-10-17(39-22)19(34)16-7-5-15(9-26)6-8-16/h5-8,10,18,20-21,33,35-37H,1-4H3,(H,27,28)/t18?,20-,21-,23-,24-,25+/m1/s1. The van der Waals surface area contributed by atoms with Gasteiger partial charge in [0.15, 0.2) is 40.1 Å². The zero-order valence-corrected chi connectivity index (χ0v) is 22.0. The van der Waals surface area contributed by atoms with Crippen LogP contribution in [0.4, 0.5) is 5.13 Å². The first-order chi connectivity index (χ1) is 18.1. The Hall–Kier alpha value is -3.71. The molecule has 1 saturated heterocycles. The number of hydrogen-bond donors (Lipinski definition) is 5. The number of aromatic nitrogens is 1. The fraction of sp³-hybridized carbons (Fsp3) is 0.400. The number of benzene rings is 1. The lowest BCUT2D eigenvalue weighted by Gasteiger charge is -2.58. The molecule has 0 bridgehead atoms. The van der Waals surface area contributed by atoms with Gasteiger partial charge in [0.25, 0.3) is 0 Å². The van der Waals surface area contributed by atoms with Crippen molar-refractivity contribution in [1.29, 1.82) is 5.26 Å². The van der Waals surface area contributed by atoms with Crippen molar-refractivity contribution >= 4 is 45.4 Å². The van der Waals surface area contributed by atoms with Gasteiger partial charge < -0.3 is 30.5 Å². The normalized spacial score (nSPS) is 29.1. The third-order valence-corrected chi connectivity index (χ3v) is 7.65. The molecular formula is C25H25N3O10S. The molecule has 0 amide bonds. The molecule has 14 heteroatoms. The fourth-order valence-corrected chi connectivity index (χ4v) is 5.31. The summed E-state index contributed by atoms with van der Waals surface area (Å²) in [4.78, 5) is 67.1. The van der Waals surface area contributed by atoms with Crippen molar-refractivity contribution in [3.8, 4) is 6.07 Å². The molecule has 0 radical (unpaired) electrons. The van der Waals surface area contributed by atoms with E-state index in [0.717, 1.165) is 31.4 Å². The van der Waals surface area contributed by atoms with E-state index in [0.29, 0.717) is 19.4 Å². The summed E-state index contributed by atoms with van der Waals surface area (Å²) in [5, 5.41) is 56.1. The Kier molecular flexibility index (Phi) is 8.00. The van der Waals surface area contributed by atoms with E-state index in [2.05, 4.69) is 10.3 Å². The van der Waals surface area contributed by atoms with Gasteiger partial charge in [0, 0.05) is 5.56 Å². The van der Waals surface area contributed by atoms with Crippen molar-refractivity contribution in [1.82, 2.24) is 4.98 Å². The Bertz CT molecular complexity index is 1400. The summed E-state index contributed by atoms with van der Waals surface area (Å²) in [6, 6.07) is 7.66. The number of anilines is 1. The smallest absolute Gasteiger partial charge is 0.207 e. The number of aliphatic hydroxyl groups is 4. The van der Waals surface area contributed by atoms with Crippen molar-refractivity contribution < 1.29 is 49.1 Å². The monoisotopic (exact) mass is 559 g/mol. The van der Waals surface area contributed by atoms with Crippen LogP contribution in [0.1, 0.15) is 48.5 Å². The Morgan fingerprint density at radius 2 is 1.56 bits per heavy atom. The van der Waals surface area contributed by atoms with Crippen LogP contribution in [0, 0.1) is 11.3 Å². The van der Waals surface area contributed by atoms with Gasteiger partial charge in [0.05, 0.1) is 22.7 Å². The van der Waals surface area contributed by atoms with Gasteiger partial charge in [-0.1, -0.05) is 11.3 Å². The summed E-state index contributed by atoms with van der Waals surface area (Å²) < 4.78 is 5.51. The first kappa shape index (κ1) is 29.8. The van der Waals surface area contributed by atoms with Crippen LogP contribution in [0.2, 0.25) is 0 Å². The quantitative estimate of drug-likeness (QED) is 0.240. The Morgan fingerprint density at radius 3 is 2.03 bits per heavy atom. The molecule has 0 spiro atoms. The topological polar surface area (TPSA) is 224 Å². The maximum atomic E-state index is 12.9. The zero-order chi connectivity index (χ0) is 29.5. The molecule has 1 aliphatic heterocycles. The van der Waals surface area contributed by atoms with E-state index in [1.807, 2.05) is 6.07 Å². The van der Waals surface area contributed by atoms with E-state index in [9.17, 15) is 44.4 Å². The fourth-order valence-electron chi connectivity index (χ4n) is 4.51. The number of hydrogen-bond acceptors (Lipinski definition) is 14. The molecule has 1 aromatic carbocycles. The molecule has 1 aromatic heterocycles. The van der Waals surface area contributed by atoms with Crippen LogP contribution < -0.4 is 5.32 Å². The van der Waals surface area contributed by atoms with Gasteiger partial charge in [-0.15, -0.1) is 0 Å².